The van der Waals surface area contributed by atoms with Gasteiger partial charge in [-0.25, -0.2) is 9.37 Å². The molecule has 0 unspecified atom stereocenters. The standard InChI is InChI=1S/C26H29ClFN3O5/c1-26(2,25(33)34)16-36-11-10-35-15-23(32)30-9-7-18-19-4-3-8-29-24(19)31(22(18)14-30)13-17-5-6-20(27)21(28)12-17/h3-6,8,12H,7,9-11,13-16H2,1-2H3,(H,33,34). The van der Waals surface area contributed by atoms with Crippen LogP contribution in [-0.2, 0) is 38.6 Å². The highest BCUT2D eigenvalue weighted by atomic mass is 35.5. The van der Waals surface area contributed by atoms with Gasteiger partial charge < -0.3 is 24.0 Å². The van der Waals surface area contributed by atoms with E-state index < -0.39 is 17.2 Å². The lowest BCUT2D eigenvalue weighted by molar-refractivity contribution is -0.150. The number of hydrogen-bond acceptors (Lipinski definition) is 5. The van der Waals surface area contributed by atoms with Crippen molar-refractivity contribution in [3.8, 4) is 0 Å². The van der Waals surface area contributed by atoms with Crippen molar-refractivity contribution in [2.45, 2.75) is 33.4 Å². The van der Waals surface area contributed by atoms with E-state index in [1.807, 2.05) is 16.7 Å². The number of fused-ring (bicyclic) bond motifs is 3. The van der Waals surface area contributed by atoms with Crippen LogP contribution in [0.1, 0.15) is 30.7 Å². The molecule has 8 nitrogen and oxygen atoms in total. The van der Waals surface area contributed by atoms with Gasteiger partial charge in [-0.1, -0.05) is 17.7 Å². The van der Waals surface area contributed by atoms with Gasteiger partial charge in [0.15, 0.2) is 0 Å². The smallest absolute Gasteiger partial charge is 0.311 e. The van der Waals surface area contributed by atoms with Crippen molar-refractivity contribution in [2.24, 2.45) is 5.41 Å². The Morgan fingerprint density at radius 1 is 1.22 bits per heavy atom. The van der Waals surface area contributed by atoms with Crippen LogP contribution in [0.2, 0.25) is 5.02 Å². The average molecular weight is 518 g/mol. The van der Waals surface area contributed by atoms with Crippen molar-refractivity contribution < 1.29 is 28.6 Å². The fourth-order valence-electron chi connectivity index (χ4n) is 4.22. The van der Waals surface area contributed by atoms with Gasteiger partial charge in [0, 0.05) is 30.4 Å². The molecular formula is C26H29ClFN3O5. The summed E-state index contributed by atoms with van der Waals surface area (Å²) in [6.07, 6.45) is 2.40. The summed E-state index contributed by atoms with van der Waals surface area (Å²) in [4.78, 5) is 30.3. The summed E-state index contributed by atoms with van der Waals surface area (Å²) >= 11 is 5.85. The number of pyridine rings is 1. The molecule has 36 heavy (non-hydrogen) atoms. The van der Waals surface area contributed by atoms with Crippen molar-refractivity contribution in [1.29, 1.82) is 0 Å². The molecule has 0 fully saturated rings. The molecule has 0 spiro atoms. The van der Waals surface area contributed by atoms with Gasteiger partial charge in [-0.2, -0.15) is 0 Å². The molecule has 3 aromatic rings. The summed E-state index contributed by atoms with van der Waals surface area (Å²) in [5.41, 5.74) is 2.68. The molecule has 0 saturated heterocycles. The number of halogens is 2. The number of rotatable bonds is 10. The minimum atomic E-state index is -0.980. The summed E-state index contributed by atoms with van der Waals surface area (Å²) in [7, 11) is 0. The second kappa shape index (κ2) is 10.9. The highest BCUT2D eigenvalue weighted by Crippen LogP contribution is 2.31. The number of carboxylic acid groups (broad SMARTS) is 1. The van der Waals surface area contributed by atoms with Crippen molar-refractivity contribution in [3.05, 3.63) is 64.2 Å². The molecule has 1 amide bonds. The maximum absolute atomic E-state index is 14.1. The second-order valence-electron chi connectivity index (χ2n) is 9.49. The van der Waals surface area contributed by atoms with Gasteiger partial charge in [0.1, 0.15) is 18.1 Å². The maximum Gasteiger partial charge on any atom is 0.311 e. The van der Waals surface area contributed by atoms with Crippen LogP contribution < -0.4 is 0 Å². The van der Waals surface area contributed by atoms with Crippen molar-refractivity contribution in [3.63, 3.8) is 0 Å². The van der Waals surface area contributed by atoms with Gasteiger partial charge in [0.2, 0.25) is 5.91 Å². The predicted octanol–water partition coefficient (Wildman–Crippen LogP) is 3.91. The van der Waals surface area contributed by atoms with Gasteiger partial charge in [0.05, 0.1) is 36.8 Å². The van der Waals surface area contributed by atoms with E-state index >= 15 is 0 Å². The van der Waals surface area contributed by atoms with Crippen LogP contribution in [0.3, 0.4) is 0 Å². The van der Waals surface area contributed by atoms with Crippen LogP contribution >= 0.6 is 11.6 Å². The topological polar surface area (TPSA) is 93.9 Å². The van der Waals surface area contributed by atoms with Gasteiger partial charge in [0.25, 0.3) is 0 Å². The number of benzene rings is 1. The van der Waals surface area contributed by atoms with E-state index in [0.29, 0.717) is 26.1 Å². The molecule has 2 aromatic heterocycles. The normalized spacial score (nSPS) is 13.7. The molecule has 192 valence electrons. The zero-order valence-corrected chi connectivity index (χ0v) is 21.1. The molecular weight excluding hydrogens is 489 g/mol. The van der Waals surface area contributed by atoms with Gasteiger partial charge in [-0.05, 0) is 55.7 Å². The Morgan fingerprint density at radius 3 is 2.75 bits per heavy atom. The monoisotopic (exact) mass is 517 g/mol. The second-order valence-corrected chi connectivity index (χ2v) is 9.90. The Hall–Kier alpha value is -3.01. The molecule has 1 aliphatic heterocycles. The highest BCUT2D eigenvalue weighted by molar-refractivity contribution is 6.30. The van der Waals surface area contributed by atoms with E-state index in [4.69, 9.17) is 26.2 Å². The summed E-state index contributed by atoms with van der Waals surface area (Å²) in [6, 6.07) is 8.65. The highest BCUT2D eigenvalue weighted by Gasteiger charge is 2.28. The third-order valence-corrected chi connectivity index (χ3v) is 6.64. The van der Waals surface area contributed by atoms with Crippen LogP contribution in [0.25, 0.3) is 11.0 Å². The Kier molecular flexibility index (Phi) is 7.92. The number of carbonyl (C=O) groups excluding carboxylic acids is 1. The first-order valence-electron chi connectivity index (χ1n) is 11.7. The van der Waals surface area contributed by atoms with Crippen LogP contribution in [-0.4, -0.2) is 64.4 Å². The molecule has 4 rings (SSSR count). The summed E-state index contributed by atoms with van der Waals surface area (Å²) in [6.45, 7) is 4.88. The first kappa shape index (κ1) is 26.1. The molecule has 1 aromatic carbocycles. The number of hydrogen-bond donors (Lipinski definition) is 1. The number of aliphatic carboxylic acids is 1. The van der Waals surface area contributed by atoms with Crippen LogP contribution in [0.4, 0.5) is 4.39 Å². The molecule has 0 saturated carbocycles. The largest absolute Gasteiger partial charge is 0.481 e. The van der Waals surface area contributed by atoms with E-state index in [2.05, 4.69) is 4.98 Å². The molecule has 0 atom stereocenters. The summed E-state index contributed by atoms with van der Waals surface area (Å²) in [5.74, 6) is -1.55. The molecule has 0 radical (unpaired) electrons. The van der Waals surface area contributed by atoms with E-state index in [1.165, 1.54) is 12.1 Å². The molecule has 0 aliphatic carbocycles. The lowest BCUT2D eigenvalue weighted by atomic mass is 9.95. The lowest BCUT2D eigenvalue weighted by Crippen LogP contribution is -2.39. The third kappa shape index (κ3) is 5.69. The van der Waals surface area contributed by atoms with Gasteiger partial charge in [-0.15, -0.1) is 0 Å². The predicted molar refractivity (Wildman–Crippen MR) is 132 cm³/mol. The first-order chi connectivity index (χ1) is 17.2. The Balaban J connectivity index is 1.40. The fraction of sp³-hybridized carbons (Fsp3) is 0.423. The number of aromatic nitrogens is 2. The molecule has 10 heteroatoms. The van der Waals surface area contributed by atoms with Crippen molar-refractivity contribution in [1.82, 2.24) is 14.5 Å². The zero-order valence-electron chi connectivity index (χ0n) is 20.3. The third-order valence-electron chi connectivity index (χ3n) is 6.33. The molecule has 1 aliphatic rings. The minimum Gasteiger partial charge on any atom is -0.481 e. The number of ether oxygens (including phenoxy) is 2. The van der Waals surface area contributed by atoms with Crippen LogP contribution in [0.15, 0.2) is 36.5 Å². The zero-order chi connectivity index (χ0) is 25.9. The number of carbonyl (C=O) groups is 2. The first-order valence-corrected chi connectivity index (χ1v) is 12.1. The number of amides is 1. The molecule has 1 N–H and O–H groups in total. The number of nitrogens with zero attached hydrogens (tertiary/aromatic N) is 3. The minimum absolute atomic E-state index is 0.0602. The van der Waals surface area contributed by atoms with Gasteiger partial charge in [-0.3, -0.25) is 9.59 Å². The van der Waals surface area contributed by atoms with E-state index in [1.54, 1.807) is 31.0 Å². The average Bonchev–Trinajstić information content (AvgIpc) is 3.16. The van der Waals surface area contributed by atoms with E-state index in [-0.39, 0.29) is 37.4 Å². The SMILES string of the molecule is CC(C)(COCCOCC(=O)N1CCc2c(n(Cc3ccc(Cl)c(F)c3)c3ncccc23)C1)C(=O)O. The van der Waals surface area contributed by atoms with E-state index in [9.17, 15) is 14.0 Å². The van der Waals surface area contributed by atoms with E-state index in [0.717, 1.165) is 27.9 Å². The lowest BCUT2D eigenvalue weighted by Gasteiger charge is -2.28. The maximum atomic E-state index is 14.1. The van der Waals surface area contributed by atoms with Crippen LogP contribution in [0, 0.1) is 11.2 Å². The molecule has 3 heterocycles. The quantitative estimate of drug-likeness (QED) is 0.410. The molecule has 0 bridgehead atoms. The Morgan fingerprint density at radius 2 is 2.00 bits per heavy atom. The van der Waals surface area contributed by atoms with Crippen molar-refractivity contribution in [2.75, 3.05) is 33.0 Å². The number of carboxylic acids is 1. The summed E-state index contributed by atoms with van der Waals surface area (Å²) < 4.78 is 27.0. The Bertz CT molecular complexity index is 1280. The summed E-state index contributed by atoms with van der Waals surface area (Å²) in [5, 5.41) is 10.2. The van der Waals surface area contributed by atoms with Crippen molar-refractivity contribution >= 4 is 34.5 Å². The van der Waals surface area contributed by atoms with Crippen LogP contribution in [0.5, 0.6) is 0 Å². The fourth-order valence-corrected chi connectivity index (χ4v) is 4.34. The Labute approximate surface area is 213 Å². The van der Waals surface area contributed by atoms with Gasteiger partial charge >= 0.3 is 5.97 Å².